The zero-order valence-electron chi connectivity index (χ0n) is 12.0. The van der Waals surface area contributed by atoms with Gasteiger partial charge < -0.3 is 10.4 Å². The minimum Gasteiger partial charge on any atom is -0.478 e. The third-order valence-electron chi connectivity index (χ3n) is 3.15. The second-order valence-electron chi connectivity index (χ2n) is 4.60. The van der Waals surface area contributed by atoms with Crippen molar-refractivity contribution in [3.63, 3.8) is 0 Å². The van der Waals surface area contributed by atoms with Gasteiger partial charge in [0.05, 0.1) is 16.2 Å². The SMILES string of the molecule is CSc1ccc(Nc2cc([N+](=O)[O-])ccc2C(=O)O)c(C)c1. The van der Waals surface area contributed by atoms with Gasteiger partial charge in [0, 0.05) is 22.7 Å². The fraction of sp³-hybridized carbons (Fsp3) is 0.133. The van der Waals surface area contributed by atoms with Crippen molar-refractivity contribution < 1.29 is 14.8 Å². The normalized spacial score (nSPS) is 10.3. The van der Waals surface area contributed by atoms with Gasteiger partial charge in [-0.15, -0.1) is 11.8 Å². The van der Waals surface area contributed by atoms with Crippen molar-refractivity contribution in [3.8, 4) is 0 Å². The van der Waals surface area contributed by atoms with E-state index in [1.165, 1.54) is 18.2 Å². The number of hydrogen-bond acceptors (Lipinski definition) is 5. The Balaban J connectivity index is 2.45. The van der Waals surface area contributed by atoms with E-state index in [4.69, 9.17) is 0 Å². The first-order valence-corrected chi connectivity index (χ1v) is 7.58. The van der Waals surface area contributed by atoms with Crippen molar-refractivity contribution >= 4 is 34.8 Å². The van der Waals surface area contributed by atoms with Crippen LogP contribution in [0, 0.1) is 17.0 Å². The molecule has 2 aromatic carbocycles. The van der Waals surface area contributed by atoms with E-state index in [-0.39, 0.29) is 16.9 Å². The highest BCUT2D eigenvalue weighted by atomic mass is 32.2. The van der Waals surface area contributed by atoms with E-state index in [2.05, 4.69) is 5.32 Å². The smallest absolute Gasteiger partial charge is 0.337 e. The summed E-state index contributed by atoms with van der Waals surface area (Å²) in [6.45, 7) is 1.89. The Morgan fingerprint density at radius 3 is 2.50 bits per heavy atom. The summed E-state index contributed by atoms with van der Waals surface area (Å²) in [5.41, 5.74) is 1.65. The lowest BCUT2D eigenvalue weighted by Gasteiger charge is -2.12. The van der Waals surface area contributed by atoms with Crippen LogP contribution < -0.4 is 5.32 Å². The van der Waals surface area contributed by atoms with Crippen LogP contribution in [0.15, 0.2) is 41.3 Å². The molecule has 0 fully saturated rings. The van der Waals surface area contributed by atoms with Crippen LogP contribution in [-0.4, -0.2) is 22.3 Å². The van der Waals surface area contributed by atoms with Crippen molar-refractivity contribution in [2.24, 2.45) is 0 Å². The molecule has 0 spiro atoms. The third-order valence-corrected chi connectivity index (χ3v) is 3.87. The van der Waals surface area contributed by atoms with Crippen LogP contribution in [0.1, 0.15) is 15.9 Å². The molecule has 0 radical (unpaired) electrons. The van der Waals surface area contributed by atoms with Crippen molar-refractivity contribution in [1.29, 1.82) is 0 Å². The quantitative estimate of drug-likeness (QED) is 0.490. The maximum atomic E-state index is 11.3. The maximum Gasteiger partial charge on any atom is 0.337 e. The average molecular weight is 318 g/mol. The molecule has 6 nitrogen and oxygen atoms in total. The fourth-order valence-corrected chi connectivity index (χ4v) is 2.48. The Hall–Kier alpha value is -2.54. The number of thioether (sulfide) groups is 1. The Labute approximate surface area is 131 Å². The lowest BCUT2D eigenvalue weighted by Crippen LogP contribution is -2.04. The number of rotatable bonds is 5. The molecule has 2 rings (SSSR count). The van der Waals surface area contributed by atoms with E-state index < -0.39 is 10.9 Å². The van der Waals surface area contributed by atoms with Crippen molar-refractivity contribution in [2.75, 3.05) is 11.6 Å². The number of anilines is 2. The van der Waals surface area contributed by atoms with Gasteiger partial charge in [-0.05, 0) is 43.0 Å². The van der Waals surface area contributed by atoms with Gasteiger partial charge in [-0.25, -0.2) is 4.79 Å². The number of carboxylic acid groups (broad SMARTS) is 1. The number of aromatic carboxylic acids is 1. The topological polar surface area (TPSA) is 92.5 Å². The van der Waals surface area contributed by atoms with Gasteiger partial charge in [0.25, 0.3) is 5.69 Å². The number of aryl methyl sites for hydroxylation is 1. The largest absolute Gasteiger partial charge is 0.478 e. The molecule has 22 heavy (non-hydrogen) atoms. The molecule has 0 aliphatic carbocycles. The zero-order chi connectivity index (χ0) is 16.3. The van der Waals surface area contributed by atoms with Crippen LogP contribution in [0.25, 0.3) is 0 Å². The second kappa shape index (κ2) is 6.48. The standard InChI is InChI=1S/C15H14N2O4S/c1-9-7-11(22-2)4-6-13(9)16-14-8-10(17(20)21)3-5-12(14)15(18)19/h3-8,16H,1-2H3,(H,18,19). The van der Waals surface area contributed by atoms with Gasteiger partial charge in [-0.2, -0.15) is 0 Å². The molecule has 0 bridgehead atoms. The first-order valence-electron chi connectivity index (χ1n) is 6.35. The van der Waals surface area contributed by atoms with Gasteiger partial charge in [0.2, 0.25) is 0 Å². The highest BCUT2D eigenvalue weighted by Crippen LogP contribution is 2.29. The average Bonchev–Trinajstić information content (AvgIpc) is 2.48. The van der Waals surface area contributed by atoms with Crippen molar-refractivity contribution in [3.05, 3.63) is 57.6 Å². The number of hydrogen-bond donors (Lipinski definition) is 2. The molecular weight excluding hydrogens is 304 g/mol. The van der Waals surface area contributed by atoms with Gasteiger partial charge in [-0.1, -0.05) is 0 Å². The van der Waals surface area contributed by atoms with Crippen LogP contribution in [-0.2, 0) is 0 Å². The molecule has 2 aromatic rings. The summed E-state index contributed by atoms with van der Waals surface area (Å²) in [5.74, 6) is -1.14. The third kappa shape index (κ3) is 3.37. The number of non-ortho nitro benzene ring substituents is 1. The summed E-state index contributed by atoms with van der Waals surface area (Å²) < 4.78 is 0. The minimum atomic E-state index is -1.14. The zero-order valence-corrected chi connectivity index (χ0v) is 12.8. The van der Waals surface area contributed by atoms with Gasteiger partial charge in [0.1, 0.15) is 0 Å². The van der Waals surface area contributed by atoms with E-state index >= 15 is 0 Å². The van der Waals surface area contributed by atoms with E-state index in [0.29, 0.717) is 5.69 Å². The first kappa shape index (κ1) is 15.8. The van der Waals surface area contributed by atoms with Crippen molar-refractivity contribution in [2.45, 2.75) is 11.8 Å². The van der Waals surface area contributed by atoms with Crippen LogP contribution in [0.4, 0.5) is 17.1 Å². The number of benzene rings is 2. The van der Waals surface area contributed by atoms with Crippen LogP contribution in [0.3, 0.4) is 0 Å². The molecule has 0 atom stereocenters. The van der Waals surface area contributed by atoms with Crippen LogP contribution in [0.5, 0.6) is 0 Å². The summed E-state index contributed by atoms with van der Waals surface area (Å²) in [6.07, 6.45) is 1.96. The molecule has 114 valence electrons. The summed E-state index contributed by atoms with van der Waals surface area (Å²) in [6, 6.07) is 9.33. The number of nitro groups is 1. The molecule has 0 saturated carbocycles. The molecule has 0 heterocycles. The number of nitrogens with one attached hydrogen (secondary N) is 1. The van der Waals surface area contributed by atoms with Gasteiger partial charge in [0.15, 0.2) is 0 Å². The first-order chi connectivity index (χ1) is 10.4. The van der Waals surface area contributed by atoms with E-state index in [1.54, 1.807) is 11.8 Å². The number of carboxylic acids is 1. The van der Waals surface area contributed by atoms with E-state index in [0.717, 1.165) is 10.5 Å². The Bertz CT molecular complexity index is 746. The predicted molar refractivity (Wildman–Crippen MR) is 86.3 cm³/mol. The molecule has 2 N–H and O–H groups in total. The monoisotopic (exact) mass is 318 g/mol. The summed E-state index contributed by atoms with van der Waals surface area (Å²) >= 11 is 1.60. The van der Waals surface area contributed by atoms with Crippen LogP contribution >= 0.6 is 11.8 Å². The van der Waals surface area contributed by atoms with E-state index in [9.17, 15) is 20.0 Å². The molecular formula is C15H14N2O4S. The Morgan fingerprint density at radius 1 is 1.23 bits per heavy atom. The highest BCUT2D eigenvalue weighted by Gasteiger charge is 2.16. The Kier molecular flexibility index (Phi) is 4.67. The summed E-state index contributed by atoms with van der Waals surface area (Å²) in [4.78, 5) is 22.7. The highest BCUT2D eigenvalue weighted by molar-refractivity contribution is 7.98. The summed E-state index contributed by atoms with van der Waals surface area (Å²) in [5, 5.41) is 23.1. The molecule has 0 saturated heterocycles. The number of carbonyl (C=O) groups is 1. The Morgan fingerprint density at radius 2 is 1.95 bits per heavy atom. The van der Waals surface area contributed by atoms with Crippen molar-refractivity contribution in [1.82, 2.24) is 0 Å². The molecule has 0 aromatic heterocycles. The number of nitrogens with zero attached hydrogens (tertiary/aromatic N) is 1. The second-order valence-corrected chi connectivity index (χ2v) is 5.48. The van der Waals surface area contributed by atoms with E-state index in [1.807, 2.05) is 31.4 Å². The molecule has 0 unspecified atom stereocenters. The summed E-state index contributed by atoms with van der Waals surface area (Å²) in [7, 11) is 0. The lowest BCUT2D eigenvalue weighted by molar-refractivity contribution is -0.384. The van der Waals surface area contributed by atoms with Gasteiger partial charge in [-0.3, -0.25) is 10.1 Å². The van der Waals surface area contributed by atoms with Crippen LogP contribution in [0.2, 0.25) is 0 Å². The molecule has 0 amide bonds. The maximum absolute atomic E-state index is 11.3. The molecule has 0 aliphatic rings. The molecule has 0 aliphatic heterocycles. The minimum absolute atomic E-state index is 0.0149. The number of nitro benzene ring substituents is 1. The molecule has 7 heteroatoms. The lowest BCUT2D eigenvalue weighted by atomic mass is 10.1. The fourth-order valence-electron chi connectivity index (χ4n) is 1.98. The predicted octanol–water partition coefficient (Wildman–Crippen LogP) is 4.07. The van der Waals surface area contributed by atoms with Gasteiger partial charge >= 0.3 is 5.97 Å².